The highest BCUT2D eigenvalue weighted by Gasteiger charge is 2.28. The SMILES string of the molecule is CC(Oc1ccc(Cl)cc1Cl)C(=O)N1CCNCC1C. The Bertz CT molecular complexity index is 496. The number of hydrogen-bond acceptors (Lipinski definition) is 3. The molecule has 4 nitrogen and oxygen atoms in total. The molecule has 1 heterocycles. The number of amides is 1. The predicted octanol–water partition coefficient (Wildman–Crippen LogP) is 2.58. The zero-order valence-corrected chi connectivity index (χ0v) is 13.0. The third-order valence-electron chi connectivity index (χ3n) is 3.33. The molecule has 2 unspecified atom stereocenters. The second-order valence-corrected chi connectivity index (χ2v) is 5.76. The molecular weight excluding hydrogens is 299 g/mol. The summed E-state index contributed by atoms with van der Waals surface area (Å²) < 4.78 is 5.66. The zero-order valence-electron chi connectivity index (χ0n) is 11.5. The van der Waals surface area contributed by atoms with Gasteiger partial charge in [-0.1, -0.05) is 23.2 Å². The van der Waals surface area contributed by atoms with E-state index in [0.717, 1.165) is 13.1 Å². The van der Waals surface area contributed by atoms with Crippen molar-refractivity contribution in [1.82, 2.24) is 10.2 Å². The van der Waals surface area contributed by atoms with E-state index in [1.807, 2.05) is 11.8 Å². The molecule has 2 rings (SSSR count). The Kier molecular flexibility index (Phi) is 5.13. The molecule has 1 aliphatic heterocycles. The summed E-state index contributed by atoms with van der Waals surface area (Å²) in [5.74, 6) is 0.449. The summed E-state index contributed by atoms with van der Waals surface area (Å²) in [6.07, 6.45) is -0.575. The number of benzene rings is 1. The molecule has 20 heavy (non-hydrogen) atoms. The molecule has 0 saturated carbocycles. The topological polar surface area (TPSA) is 41.6 Å². The Morgan fingerprint density at radius 1 is 1.50 bits per heavy atom. The first kappa shape index (κ1) is 15.4. The van der Waals surface area contributed by atoms with Crippen molar-refractivity contribution in [2.45, 2.75) is 26.0 Å². The highest BCUT2D eigenvalue weighted by atomic mass is 35.5. The van der Waals surface area contributed by atoms with Gasteiger partial charge in [0.2, 0.25) is 0 Å². The number of carbonyl (C=O) groups is 1. The molecule has 1 fully saturated rings. The van der Waals surface area contributed by atoms with Crippen LogP contribution in [0.15, 0.2) is 18.2 Å². The van der Waals surface area contributed by atoms with E-state index < -0.39 is 6.10 Å². The van der Waals surface area contributed by atoms with Crippen LogP contribution in [0.2, 0.25) is 10.0 Å². The molecular formula is C14H18Cl2N2O2. The van der Waals surface area contributed by atoms with Gasteiger partial charge in [-0.15, -0.1) is 0 Å². The highest BCUT2D eigenvalue weighted by molar-refractivity contribution is 6.35. The van der Waals surface area contributed by atoms with Crippen LogP contribution in [0, 0.1) is 0 Å². The molecule has 0 aliphatic carbocycles. The number of hydrogen-bond donors (Lipinski definition) is 1. The van der Waals surface area contributed by atoms with E-state index in [9.17, 15) is 4.79 Å². The minimum absolute atomic E-state index is 0.0231. The number of halogens is 2. The second-order valence-electron chi connectivity index (χ2n) is 4.92. The van der Waals surface area contributed by atoms with Crippen LogP contribution in [-0.2, 0) is 4.79 Å². The number of piperazine rings is 1. The normalized spacial score (nSPS) is 20.6. The summed E-state index contributed by atoms with van der Waals surface area (Å²) in [6.45, 7) is 6.07. The van der Waals surface area contributed by atoms with Crippen LogP contribution >= 0.6 is 23.2 Å². The summed E-state index contributed by atoms with van der Waals surface area (Å²) in [5, 5.41) is 4.20. The molecule has 1 aromatic rings. The fraction of sp³-hybridized carbons (Fsp3) is 0.500. The van der Waals surface area contributed by atoms with Crippen LogP contribution in [0.1, 0.15) is 13.8 Å². The Hall–Kier alpha value is -0.970. The highest BCUT2D eigenvalue weighted by Crippen LogP contribution is 2.28. The van der Waals surface area contributed by atoms with Crippen LogP contribution in [0.3, 0.4) is 0 Å². The predicted molar refractivity (Wildman–Crippen MR) is 80.6 cm³/mol. The first-order valence-electron chi connectivity index (χ1n) is 6.62. The quantitative estimate of drug-likeness (QED) is 0.932. The van der Waals surface area contributed by atoms with Crippen molar-refractivity contribution < 1.29 is 9.53 Å². The first-order chi connectivity index (χ1) is 9.49. The van der Waals surface area contributed by atoms with Gasteiger partial charge in [-0.3, -0.25) is 4.79 Å². The molecule has 0 bridgehead atoms. The largest absolute Gasteiger partial charge is 0.479 e. The van der Waals surface area contributed by atoms with Crippen molar-refractivity contribution in [1.29, 1.82) is 0 Å². The van der Waals surface area contributed by atoms with Gasteiger partial charge < -0.3 is 15.0 Å². The van der Waals surface area contributed by atoms with E-state index in [2.05, 4.69) is 5.32 Å². The van der Waals surface area contributed by atoms with Crippen LogP contribution in [-0.4, -0.2) is 42.6 Å². The first-order valence-corrected chi connectivity index (χ1v) is 7.37. The molecule has 1 aromatic carbocycles. The Labute approximate surface area is 129 Å². The smallest absolute Gasteiger partial charge is 0.263 e. The molecule has 6 heteroatoms. The third-order valence-corrected chi connectivity index (χ3v) is 3.86. The van der Waals surface area contributed by atoms with Gasteiger partial charge in [0.05, 0.1) is 5.02 Å². The van der Waals surface area contributed by atoms with E-state index >= 15 is 0 Å². The Balaban J connectivity index is 2.03. The molecule has 0 radical (unpaired) electrons. The fourth-order valence-electron chi connectivity index (χ4n) is 2.21. The maximum atomic E-state index is 12.4. The molecule has 0 aromatic heterocycles. The minimum atomic E-state index is -0.575. The van der Waals surface area contributed by atoms with E-state index in [0.29, 0.717) is 22.3 Å². The van der Waals surface area contributed by atoms with Gasteiger partial charge in [0.15, 0.2) is 6.10 Å². The van der Waals surface area contributed by atoms with E-state index in [-0.39, 0.29) is 11.9 Å². The van der Waals surface area contributed by atoms with Crippen LogP contribution in [0.5, 0.6) is 5.75 Å². The number of ether oxygens (including phenoxy) is 1. The number of carbonyl (C=O) groups excluding carboxylic acids is 1. The zero-order chi connectivity index (χ0) is 14.7. The Morgan fingerprint density at radius 2 is 2.25 bits per heavy atom. The lowest BCUT2D eigenvalue weighted by Gasteiger charge is -2.35. The van der Waals surface area contributed by atoms with Crippen LogP contribution in [0.4, 0.5) is 0 Å². The number of rotatable bonds is 3. The second kappa shape index (κ2) is 6.66. The van der Waals surface area contributed by atoms with Gasteiger partial charge in [-0.05, 0) is 32.0 Å². The van der Waals surface area contributed by atoms with Crippen LogP contribution in [0.25, 0.3) is 0 Å². The molecule has 1 saturated heterocycles. The molecule has 1 aliphatic rings. The fourth-order valence-corrected chi connectivity index (χ4v) is 2.67. The maximum Gasteiger partial charge on any atom is 0.263 e. The third kappa shape index (κ3) is 3.57. The summed E-state index contributed by atoms with van der Waals surface area (Å²) in [5.41, 5.74) is 0. The Morgan fingerprint density at radius 3 is 2.90 bits per heavy atom. The van der Waals surface area contributed by atoms with Gasteiger partial charge >= 0.3 is 0 Å². The lowest BCUT2D eigenvalue weighted by atomic mass is 10.2. The number of nitrogens with zero attached hydrogens (tertiary/aromatic N) is 1. The molecule has 1 amide bonds. The van der Waals surface area contributed by atoms with Crippen molar-refractivity contribution in [3.63, 3.8) is 0 Å². The molecule has 0 spiro atoms. The van der Waals surface area contributed by atoms with Crippen molar-refractivity contribution in [2.75, 3.05) is 19.6 Å². The monoisotopic (exact) mass is 316 g/mol. The van der Waals surface area contributed by atoms with Crippen molar-refractivity contribution in [3.8, 4) is 5.75 Å². The molecule has 2 atom stereocenters. The average molecular weight is 317 g/mol. The van der Waals surface area contributed by atoms with Gasteiger partial charge in [0, 0.05) is 30.7 Å². The summed E-state index contributed by atoms with van der Waals surface area (Å²) in [4.78, 5) is 14.2. The molecule has 110 valence electrons. The van der Waals surface area contributed by atoms with Crippen molar-refractivity contribution in [3.05, 3.63) is 28.2 Å². The summed E-state index contributed by atoms with van der Waals surface area (Å²) in [7, 11) is 0. The van der Waals surface area contributed by atoms with E-state index in [1.165, 1.54) is 0 Å². The van der Waals surface area contributed by atoms with Gasteiger partial charge in [-0.2, -0.15) is 0 Å². The van der Waals surface area contributed by atoms with Crippen LogP contribution < -0.4 is 10.1 Å². The summed E-state index contributed by atoms with van der Waals surface area (Å²) >= 11 is 11.9. The lowest BCUT2D eigenvalue weighted by molar-refractivity contribution is -0.140. The van der Waals surface area contributed by atoms with Gasteiger partial charge in [-0.25, -0.2) is 0 Å². The standard InChI is InChI=1S/C14H18Cl2N2O2/c1-9-8-17-5-6-18(9)14(19)10(2)20-13-4-3-11(15)7-12(13)16/h3-4,7,9-10,17H,5-6,8H2,1-2H3. The van der Waals surface area contributed by atoms with E-state index in [4.69, 9.17) is 27.9 Å². The van der Waals surface area contributed by atoms with Crippen molar-refractivity contribution in [2.24, 2.45) is 0 Å². The maximum absolute atomic E-state index is 12.4. The number of nitrogens with one attached hydrogen (secondary N) is 1. The minimum Gasteiger partial charge on any atom is -0.479 e. The van der Waals surface area contributed by atoms with Gasteiger partial charge in [0.25, 0.3) is 5.91 Å². The lowest BCUT2D eigenvalue weighted by Crippen LogP contribution is -2.55. The van der Waals surface area contributed by atoms with Gasteiger partial charge in [0.1, 0.15) is 5.75 Å². The van der Waals surface area contributed by atoms with E-state index in [1.54, 1.807) is 25.1 Å². The summed E-state index contributed by atoms with van der Waals surface area (Å²) in [6, 6.07) is 5.13. The van der Waals surface area contributed by atoms with Crippen molar-refractivity contribution >= 4 is 29.1 Å². The average Bonchev–Trinajstić information content (AvgIpc) is 2.41. The molecule has 1 N–H and O–H groups in total.